The van der Waals surface area contributed by atoms with E-state index in [1.165, 1.54) is 10.4 Å². The van der Waals surface area contributed by atoms with Crippen LogP contribution in [0.5, 0.6) is 11.5 Å². The smallest absolute Gasteiger partial charge is 0.243 e. The normalized spacial score (nSPS) is 21.3. The molecule has 9 nitrogen and oxygen atoms in total. The number of amides is 1. The minimum absolute atomic E-state index is 0.0331. The second-order valence-corrected chi connectivity index (χ2v) is 10.0. The average molecular weight is 445 g/mol. The summed E-state index contributed by atoms with van der Waals surface area (Å²) in [4.78, 5) is 23.2. The summed E-state index contributed by atoms with van der Waals surface area (Å²) >= 11 is 0. The van der Waals surface area contributed by atoms with Gasteiger partial charge in [-0.2, -0.15) is 4.31 Å². The Bertz CT molecular complexity index is 1170. The van der Waals surface area contributed by atoms with Gasteiger partial charge in [0, 0.05) is 49.8 Å². The highest BCUT2D eigenvalue weighted by molar-refractivity contribution is 7.89. The maximum absolute atomic E-state index is 13.2. The number of aromatic nitrogens is 2. The van der Waals surface area contributed by atoms with Gasteiger partial charge in [0.05, 0.1) is 4.90 Å². The Morgan fingerprint density at radius 3 is 2.68 bits per heavy atom. The van der Waals surface area contributed by atoms with Gasteiger partial charge < -0.3 is 9.47 Å². The molecule has 3 aliphatic heterocycles. The van der Waals surface area contributed by atoms with Gasteiger partial charge in [-0.15, -0.1) is 0 Å². The molecule has 1 aromatic carbocycles. The standard InChI is InChI=1S/C21H24N4O5S/c1-13-16-4-6-19(26)24(2)21(16)23-20(22-13)14-7-8-25(12-14)31(27,28)15-3-5-17-18(11-15)30-10-9-29-17/h3,5,11,14H,4,6-10,12H2,1-2H3/t14-/m0/s1. The molecule has 10 heteroatoms. The summed E-state index contributed by atoms with van der Waals surface area (Å²) in [5.74, 6) is 2.15. The number of anilines is 1. The first-order valence-electron chi connectivity index (χ1n) is 10.4. The largest absolute Gasteiger partial charge is 0.486 e. The molecule has 1 fully saturated rings. The molecule has 0 N–H and O–H groups in total. The first-order valence-corrected chi connectivity index (χ1v) is 11.8. The zero-order valence-corrected chi connectivity index (χ0v) is 18.3. The van der Waals surface area contributed by atoms with Crippen molar-refractivity contribution < 1.29 is 22.7 Å². The predicted octanol–water partition coefficient (Wildman–Crippen LogP) is 1.64. The zero-order chi connectivity index (χ0) is 21.8. The molecule has 1 saturated heterocycles. The van der Waals surface area contributed by atoms with Crippen LogP contribution >= 0.6 is 0 Å². The molecule has 0 aliphatic carbocycles. The van der Waals surface area contributed by atoms with Gasteiger partial charge in [0.2, 0.25) is 15.9 Å². The van der Waals surface area contributed by atoms with Gasteiger partial charge in [-0.1, -0.05) is 0 Å². The van der Waals surface area contributed by atoms with E-state index in [2.05, 4.69) is 9.97 Å². The number of ether oxygens (including phenoxy) is 2. The Morgan fingerprint density at radius 1 is 1.10 bits per heavy atom. The van der Waals surface area contributed by atoms with Crippen molar-refractivity contribution in [2.45, 2.75) is 37.0 Å². The number of nitrogens with zero attached hydrogens (tertiary/aromatic N) is 4. The van der Waals surface area contributed by atoms with Crippen molar-refractivity contribution >= 4 is 21.7 Å². The summed E-state index contributed by atoms with van der Waals surface area (Å²) in [5, 5.41) is 0. The monoisotopic (exact) mass is 444 g/mol. The molecular weight excluding hydrogens is 420 g/mol. The number of sulfonamides is 1. The van der Waals surface area contributed by atoms with Gasteiger partial charge >= 0.3 is 0 Å². The molecule has 0 bridgehead atoms. The number of hydrogen-bond acceptors (Lipinski definition) is 7. The molecule has 0 spiro atoms. The Labute approximate surface area is 181 Å². The van der Waals surface area contributed by atoms with Gasteiger partial charge in [0.1, 0.15) is 24.9 Å². The van der Waals surface area contributed by atoms with Crippen LogP contribution in [0.25, 0.3) is 0 Å². The number of rotatable bonds is 3. The molecule has 1 amide bonds. The van der Waals surface area contributed by atoms with Gasteiger partial charge in [0.25, 0.3) is 0 Å². The van der Waals surface area contributed by atoms with E-state index in [4.69, 9.17) is 9.47 Å². The molecule has 2 aromatic rings. The first kappa shape index (κ1) is 20.2. The highest BCUT2D eigenvalue weighted by atomic mass is 32.2. The SMILES string of the molecule is Cc1nc([C@H]2CCN(S(=O)(=O)c3ccc4c(c3)OCCO4)C2)nc2c1CCC(=O)N2C. The Hall–Kier alpha value is -2.72. The predicted molar refractivity (Wildman–Crippen MR) is 112 cm³/mol. The van der Waals surface area contributed by atoms with Crippen LogP contribution < -0.4 is 14.4 Å². The summed E-state index contributed by atoms with van der Waals surface area (Å²) < 4.78 is 38.9. The fourth-order valence-electron chi connectivity index (χ4n) is 4.36. The second kappa shape index (κ2) is 7.45. The van der Waals surface area contributed by atoms with Crippen LogP contribution in [-0.2, 0) is 21.2 Å². The van der Waals surface area contributed by atoms with Crippen LogP contribution in [-0.4, -0.2) is 61.9 Å². The minimum atomic E-state index is -3.68. The molecule has 0 saturated carbocycles. The van der Waals surface area contributed by atoms with Crippen molar-refractivity contribution in [3.63, 3.8) is 0 Å². The molecule has 5 rings (SSSR count). The maximum Gasteiger partial charge on any atom is 0.243 e. The quantitative estimate of drug-likeness (QED) is 0.709. The Morgan fingerprint density at radius 2 is 1.87 bits per heavy atom. The molecule has 0 radical (unpaired) electrons. The summed E-state index contributed by atoms with van der Waals surface area (Å²) in [5.41, 5.74) is 1.84. The number of fused-ring (bicyclic) bond motifs is 2. The Balaban J connectivity index is 1.40. The third-order valence-corrected chi connectivity index (χ3v) is 8.02. The van der Waals surface area contributed by atoms with E-state index in [9.17, 15) is 13.2 Å². The molecular formula is C21H24N4O5S. The molecule has 3 aliphatic rings. The van der Waals surface area contributed by atoms with Crippen molar-refractivity contribution in [3.8, 4) is 11.5 Å². The van der Waals surface area contributed by atoms with Crippen LogP contribution in [0.2, 0.25) is 0 Å². The van der Waals surface area contributed by atoms with E-state index in [1.54, 1.807) is 24.1 Å². The second-order valence-electron chi connectivity index (χ2n) is 8.08. The van der Waals surface area contributed by atoms with Gasteiger partial charge in [0.15, 0.2) is 11.5 Å². The van der Waals surface area contributed by atoms with Crippen LogP contribution in [0.3, 0.4) is 0 Å². The topological polar surface area (TPSA) is 102 Å². The molecule has 4 heterocycles. The average Bonchev–Trinajstić information content (AvgIpc) is 3.27. The Kier molecular flexibility index (Phi) is 4.86. The number of benzene rings is 1. The minimum Gasteiger partial charge on any atom is -0.486 e. The third kappa shape index (κ3) is 3.43. The van der Waals surface area contributed by atoms with Crippen molar-refractivity contribution in [2.75, 3.05) is 38.3 Å². The van der Waals surface area contributed by atoms with Crippen molar-refractivity contribution in [3.05, 3.63) is 35.3 Å². The van der Waals surface area contributed by atoms with Crippen LogP contribution in [0.15, 0.2) is 23.1 Å². The van der Waals surface area contributed by atoms with Crippen molar-refractivity contribution in [1.29, 1.82) is 0 Å². The van der Waals surface area contributed by atoms with E-state index in [-0.39, 0.29) is 16.7 Å². The van der Waals surface area contributed by atoms with Gasteiger partial charge in [-0.3, -0.25) is 9.69 Å². The summed E-state index contributed by atoms with van der Waals surface area (Å²) in [6.07, 6.45) is 1.72. The molecule has 1 atom stereocenters. The highest BCUT2D eigenvalue weighted by Crippen LogP contribution is 2.36. The lowest BCUT2D eigenvalue weighted by Crippen LogP contribution is -2.33. The fourth-order valence-corrected chi connectivity index (χ4v) is 5.88. The summed E-state index contributed by atoms with van der Waals surface area (Å²) in [7, 11) is -1.96. The van der Waals surface area contributed by atoms with E-state index < -0.39 is 10.0 Å². The molecule has 1 aromatic heterocycles. The number of hydrogen-bond donors (Lipinski definition) is 0. The number of aryl methyl sites for hydroxylation is 1. The first-order chi connectivity index (χ1) is 14.8. The van der Waals surface area contributed by atoms with Gasteiger partial charge in [-0.25, -0.2) is 18.4 Å². The van der Waals surface area contributed by atoms with Crippen molar-refractivity contribution in [2.24, 2.45) is 0 Å². The lowest BCUT2D eigenvalue weighted by Gasteiger charge is -2.26. The van der Waals surface area contributed by atoms with Crippen molar-refractivity contribution in [1.82, 2.24) is 14.3 Å². The maximum atomic E-state index is 13.2. The molecule has 164 valence electrons. The fraction of sp³-hybridized carbons (Fsp3) is 0.476. The number of carbonyl (C=O) groups excluding carboxylic acids is 1. The molecule has 31 heavy (non-hydrogen) atoms. The summed E-state index contributed by atoms with van der Waals surface area (Å²) in [6, 6.07) is 4.71. The molecule has 0 unspecified atom stereocenters. The number of carbonyl (C=O) groups is 1. The van der Waals surface area contributed by atoms with E-state index >= 15 is 0 Å². The van der Waals surface area contributed by atoms with Crippen LogP contribution in [0, 0.1) is 6.92 Å². The van der Waals surface area contributed by atoms with E-state index in [0.29, 0.717) is 68.7 Å². The van der Waals surface area contributed by atoms with Crippen LogP contribution in [0.1, 0.15) is 35.8 Å². The zero-order valence-electron chi connectivity index (χ0n) is 17.5. The van der Waals surface area contributed by atoms with Gasteiger partial charge in [-0.05, 0) is 31.9 Å². The third-order valence-electron chi connectivity index (χ3n) is 6.16. The van der Waals surface area contributed by atoms with E-state index in [0.717, 1.165) is 11.3 Å². The van der Waals surface area contributed by atoms with Crippen LogP contribution in [0.4, 0.5) is 5.82 Å². The lowest BCUT2D eigenvalue weighted by molar-refractivity contribution is -0.118. The lowest BCUT2D eigenvalue weighted by atomic mass is 10.0. The van der Waals surface area contributed by atoms with E-state index in [1.807, 2.05) is 6.92 Å². The highest BCUT2D eigenvalue weighted by Gasteiger charge is 2.36. The summed E-state index contributed by atoms with van der Waals surface area (Å²) in [6.45, 7) is 3.46.